The molecule has 1 saturated heterocycles. The maximum Gasteiger partial charge on any atom is 0.410 e. The third-order valence-corrected chi connectivity index (χ3v) is 3.90. The first-order valence-electron chi connectivity index (χ1n) is 7.09. The zero-order valence-corrected chi connectivity index (χ0v) is 13.2. The molecule has 6 nitrogen and oxygen atoms in total. The number of nitrogens with zero attached hydrogens (tertiary/aromatic N) is 4. The zero-order valence-electron chi connectivity index (χ0n) is 12.5. The highest BCUT2D eigenvalue weighted by atomic mass is 35.5. The number of hydrogen-bond acceptors (Lipinski definition) is 4. The molecule has 0 spiro atoms. The van der Waals surface area contributed by atoms with Gasteiger partial charge in [0.25, 0.3) is 0 Å². The predicted octanol–water partition coefficient (Wildman–Crippen LogP) is 2.74. The van der Waals surface area contributed by atoms with E-state index in [0.29, 0.717) is 18.1 Å². The second kappa shape index (κ2) is 5.96. The molecule has 0 bridgehead atoms. The first kappa shape index (κ1) is 14.8. The lowest BCUT2D eigenvalue weighted by Gasteiger charge is -2.38. The van der Waals surface area contributed by atoms with Crippen molar-refractivity contribution in [3.63, 3.8) is 0 Å². The molecule has 7 heteroatoms. The van der Waals surface area contributed by atoms with Crippen molar-refractivity contribution in [1.82, 2.24) is 19.7 Å². The molecule has 0 radical (unpaired) electrons. The molecule has 0 unspecified atom stereocenters. The van der Waals surface area contributed by atoms with E-state index in [-0.39, 0.29) is 18.7 Å². The van der Waals surface area contributed by atoms with E-state index < -0.39 is 0 Å². The van der Waals surface area contributed by atoms with Gasteiger partial charge in [0.15, 0.2) is 0 Å². The van der Waals surface area contributed by atoms with Gasteiger partial charge in [-0.1, -0.05) is 23.7 Å². The smallest absolute Gasteiger partial charge is 0.410 e. The maximum absolute atomic E-state index is 12.0. The summed E-state index contributed by atoms with van der Waals surface area (Å²) in [5, 5.41) is 5.01. The van der Waals surface area contributed by atoms with E-state index in [9.17, 15) is 4.79 Å². The van der Waals surface area contributed by atoms with Gasteiger partial charge in [-0.15, -0.1) is 0 Å². The number of hydrogen-bond donors (Lipinski definition) is 0. The Balaban J connectivity index is 1.49. The van der Waals surface area contributed by atoms with Crippen LogP contribution in [0, 0.1) is 13.8 Å². The predicted molar refractivity (Wildman–Crippen MR) is 81.7 cm³/mol. The summed E-state index contributed by atoms with van der Waals surface area (Å²) >= 11 is 5.82. The Morgan fingerprint density at radius 1 is 1.32 bits per heavy atom. The average Bonchev–Trinajstić information content (AvgIpc) is 2.75. The number of aromatic nitrogens is 3. The van der Waals surface area contributed by atoms with Crippen LogP contribution in [0.1, 0.15) is 23.3 Å². The summed E-state index contributed by atoms with van der Waals surface area (Å²) < 4.78 is 7.16. The molecule has 0 saturated carbocycles. The van der Waals surface area contributed by atoms with Crippen LogP contribution in [-0.4, -0.2) is 38.8 Å². The molecule has 1 aromatic carbocycles. The molecule has 1 aliphatic heterocycles. The van der Waals surface area contributed by atoms with Crippen LogP contribution in [0.3, 0.4) is 0 Å². The SMILES string of the molecule is Cc1nc(C)n(C2CN(C(=O)OCc3ccc(Cl)cc3)C2)n1. The van der Waals surface area contributed by atoms with Crippen LogP contribution in [-0.2, 0) is 11.3 Å². The van der Waals surface area contributed by atoms with Gasteiger partial charge in [-0.3, -0.25) is 0 Å². The number of carbonyl (C=O) groups excluding carboxylic acids is 1. The number of likely N-dealkylation sites (tertiary alicyclic amines) is 1. The Labute approximate surface area is 133 Å². The largest absolute Gasteiger partial charge is 0.445 e. The van der Waals surface area contributed by atoms with Crippen molar-refractivity contribution >= 4 is 17.7 Å². The van der Waals surface area contributed by atoms with Crippen LogP contribution in [0.25, 0.3) is 0 Å². The molecule has 22 heavy (non-hydrogen) atoms. The highest BCUT2D eigenvalue weighted by Gasteiger charge is 2.34. The summed E-state index contributed by atoms with van der Waals surface area (Å²) in [4.78, 5) is 17.9. The van der Waals surface area contributed by atoms with Gasteiger partial charge in [-0.2, -0.15) is 5.10 Å². The van der Waals surface area contributed by atoms with Gasteiger partial charge in [-0.25, -0.2) is 14.5 Å². The van der Waals surface area contributed by atoms with Crippen molar-refractivity contribution in [2.45, 2.75) is 26.5 Å². The molecule has 2 heterocycles. The zero-order chi connectivity index (χ0) is 15.7. The van der Waals surface area contributed by atoms with Gasteiger partial charge in [0, 0.05) is 18.1 Å². The first-order valence-corrected chi connectivity index (χ1v) is 7.46. The van der Waals surface area contributed by atoms with Crippen LogP contribution >= 0.6 is 11.6 Å². The van der Waals surface area contributed by atoms with Gasteiger partial charge in [-0.05, 0) is 31.5 Å². The van der Waals surface area contributed by atoms with Gasteiger partial charge >= 0.3 is 6.09 Å². The Kier molecular flexibility index (Phi) is 4.02. The number of carbonyl (C=O) groups is 1. The third-order valence-electron chi connectivity index (χ3n) is 3.65. The molecule has 116 valence electrons. The number of benzene rings is 1. The van der Waals surface area contributed by atoms with Crippen LogP contribution in [0.2, 0.25) is 5.02 Å². The van der Waals surface area contributed by atoms with E-state index in [1.807, 2.05) is 30.7 Å². The van der Waals surface area contributed by atoms with Gasteiger partial charge < -0.3 is 9.64 Å². The van der Waals surface area contributed by atoms with Crippen molar-refractivity contribution in [1.29, 1.82) is 0 Å². The summed E-state index contributed by atoms with van der Waals surface area (Å²) in [6.45, 7) is 5.23. The molecule has 1 aliphatic rings. The highest BCUT2D eigenvalue weighted by molar-refractivity contribution is 6.30. The van der Waals surface area contributed by atoms with E-state index in [1.54, 1.807) is 17.0 Å². The molecule has 0 N–H and O–H groups in total. The number of rotatable bonds is 3. The van der Waals surface area contributed by atoms with Crippen LogP contribution in [0.15, 0.2) is 24.3 Å². The Morgan fingerprint density at radius 2 is 2.00 bits per heavy atom. The van der Waals surface area contributed by atoms with Crippen molar-refractivity contribution in [2.75, 3.05) is 13.1 Å². The molecule has 2 aromatic rings. The van der Waals surface area contributed by atoms with Crippen molar-refractivity contribution in [3.8, 4) is 0 Å². The minimum atomic E-state index is -0.305. The Bertz CT molecular complexity index is 677. The van der Waals surface area contributed by atoms with E-state index in [4.69, 9.17) is 16.3 Å². The lowest BCUT2D eigenvalue weighted by molar-refractivity contribution is 0.0489. The maximum atomic E-state index is 12.0. The fraction of sp³-hybridized carbons (Fsp3) is 0.400. The lowest BCUT2D eigenvalue weighted by Crippen LogP contribution is -2.51. The minimum absolute atomic E-state index is 0.185. The molecule has 3 rings (SSSR count). The monoisotopic (exact) mass is 320 g/mol. The second-order valence-electron chi connectivity index (χ2n) is 5.39. The van der Waals surface area contributed by atoms with E-state index in [0.717, 1.165) is 17.2 Å². The molecule has 1 amide bonds. The van der Waals surface area contributed by atoms with Gasteiger partial charge in [0.05, 0.1) is 6.04 Å². The first-order chi connectivity index (χ1) is 10.5. The molecule has 1 fully saturated rings. The minimum Gasteiger partial charge on any atom is -0.445 e. The van der Waals surface area contributed by atoms with Crippen LogP contribution in [0.4, 0.5) is 4.79 Å². The third kappa shape index (κ3) is 3.06. The number of aryl methyl sites for hydroxylation is 2. The normalized spacial score (nSPS) is 14.8. The highest BCUT2D eigenvalue weighted by Crippen LogP contribution is 2.22. The summed E-state index contributed by atoms with van der Waals surface area (Å²) in [7, 11) is 0. The topological polar surface area (TPSA) is 60.2 Å². The lowest BCUT2D eigenvalue weighted by atomic mass is 10.1. The Morgan fingerprint density at radius 3 is 2.59 bits per heavy atom. The van der Waals surface area contributed by atoms with Crippen molar-refractivity contribution < 1.29 is 9.53 Å². The van der Waals surface area contributed by atoms with Crippen LogP contribution < -0.4 is 0 Å². The fourth-order valence-electron chi connectivity index (χ4n) is 2.46. The van der Waals surface area contributed by atoms with Crippen molar-refractivity contribution in [2.24, 2.45) is 0 Å². The summed E-state index contributed by atoms with van der Waals surface area (Å²) in [5.41, 5.74) is 0.914. The molecule has 0 atom stereocenters. The van der Waals surface area contributed by atoms with E-state index in [1.165, 1.54) is 0 Å². The number of halogens is 1. The standard InChI is InChI=1S/C15H17ClN4O2/c1-10-17-11(2)20(18-10)14-7-19(8-14)15(21)22-9-12-3-5-13(16)6-4-12/h3-6,14H,7-9H2,1-2H3. The Hall–Kier alpha value is -2.08. The molecular formula is C15H17ClN4O2. The molecular weight excluding hydrogens is 304 g/mol. The summed E-state index contributed by atoms with van der Waals surface area (Å²) in [6.07, 6.45) is -0.305. The quantitative estimate of drug-likeness (QED) is 0.872. The van der Waals surface area contributed by atoms with E-state index >= 15 is 0 Å². The average molecular weight is 321 g/mol. The van der Waals surface area contributed by atoms with Gasteiger partial charge in [0.1, 0.15) is 18.3 Å². The van der Waals surface area contributed by atoms with Crippen LogP contribution in [0.5, 0.6) is 0 Å². The van der Waals surface area contributed by atoms with E-state index in [2.05, 4.69) is 10.1 Å². The number of amides is 1. The molecule has 0 aliphatic carbocycles. The summed E-state index contributed by atoms with van der Waals surface area (Å²) in [6, 6.07) is 7.43. The summed E-state index contributed by atoms with van der Waals surface area (Å²) in [5.74, 6) is 1.62. The second-order valence-corrected chi connectivity index (χ2v) is 5.83. The fourth-order valence-corrected chi connectivity index (χ4v) is 2.58. The van der Waals surface area contributed by atoms with Crippen molar-refractivity contribution in [3.05, 3.63) is 46.5 Å². The van der Waals surface area contributed by atoms with Gasteiger partial charge in [0.2, 0.25) is 0 Å². The number of ether oxygens (including phenoxy) is 1. The molecule has 1 aromatic heterocycles.